The number of β-amino-alcohol motifs (C(OH)–C–C–N with tert-alkyl or cyclic N) is 1. The van der Waals surface area contributed by atoms with E-state index in [4.69, 9.17) is 4.74 Å². The number of ether oxygens (including phenoxy) is 1. The van der Waals surface area contributed by atoms with Gasteiger partial charge in [0.25, 0.3) is 5.91 Å². The first-order valence-corrected chi connectivity index (χ1v) is 8.84. The van der Waals surface area contributed by atoms with Crippen molar-refractivity contribution in [2.45, 2.75) is 38.8 Å². The standard InChI is InChI=1S/C19H24FN3O3/c1-3-23-11-17(14(2)21-23)18(24)22-10-4-9-19(25,12-22)13-26-16-7-5-15(20)6-8-16/h5-8,11,25H,3-4,9-10,12-13H2,1-2H3. The highest BCUT2D eigenvalue weighted by Crippen LogP contribution is 2.25. The predicted molar refractivity (Wildman–Crippen MR) is 94.6 cm³/mol. The zero-order chi connectivity index (χ0) is 18.7. The first kappa shape index (κ1) is 18.4. The van der Waals surface area contributed by atoms with Crippen molar-refractivity contribution in [2.75, 3.05) is 19.7 Å². The number of hydrogen-bond acceptors (Lipinski definition) is 4. The van der Waals surface area contributed by atoms with Crippen LogP contribution in [0.15, 0.2) is 30.5 Å². The van der Waals surface area contributed by atoms with Crippen molar-refractivity contribution in [2.24, 2.45) is 0 Å². The zero-order valence-corrected chi connectivity index (χ0v) is 15.1. The Morgan fingerprint density at radius 1 is 1.38 bits per heavy atom. The van der Waals surface area contributed by atoms with E-state index >= 15 is 0 Å². The number of aromatic nitrogens is 2. The van der Waals surface area contributed by atoms with Gasteiger partial charge in [-0.25, -0.2) is 4.39 Å². The number of benzene rings is 1. The lowest BCUT2D eigenvalue weighted by Gasteiger charge is -2.38. The Morgan fingerprint density at radius 2 is 2.12 bits per heavy atom. The SMILES string of the molecule is CCn1cc(C(=O)N2CCCC(O)(COc3ccc(F)cc3)C2)c(C)n1. The van der Waals surface area contributed by atoms with Crippen molar-refractivity contribution in [1.82, 2.24) is 14.7 Å². The summed E-state index contributed by atoms with van der Waals surface area (Å²) >= 11 is 0. The van der Waals surface area contributed by atoms with Gasteiger partial charge in [0.05, 0.1) is 17.8 Å². The molecule has 1 aliphatic rings. The molecule has 1 aromatic carbocycles. The smallest absolute Gasteiger partial charge is 0.257 e. The monoisotopic (exact) mass is 361 g/mol. The van der Waals surface area contributed by atoms with E-state index in [0.29, 0.717) is 42.9 Å². The van der Waals surface area contributed by atoms with Crippen molar-refractivity contribution in [3.63, 3.8) is 0 Å². The minimum Gasteiger partial charge on any atom is -0.491 e. The van der Waals surface area contributed by atoms with Crippen LogP contribution in [-0.2, 0) is 6.54 Å². The molecule has 0 saturated carbocycles. The minimum atomic E-state index is -1.13. The van der Waals surface area contributed by atoms with Crippen LogP contribution in [0.5, 0.6) is 5.75 Å². The second-order valence-electron chi connectivity index (χ2n) is 6.78. The van der Waals surface area contributed by atoms with Crippen molar-refractivity contribution in [3.8, 4) is 5.75 Å². The highest BCUT2D eigenvalue weighted by Gasteiger charge is 2.37. The van der Waals surface area contributed by atoms with Crippen LogP contribution in [0.1, 0.15) is 35.8 Å². The number of amides is 1. The number of nitrogens with zero attached hydrogens (tertiary/aromatic N) is 3. The van der Waals surface area contributed by atoms with E-state index < -0.39 is 5.60 Å². The molecule has 2 heterocycles. The highest BCUT2D eigenvalue weighted by molar-refractivity contribution is 5.95. The van der Waals surface area contributed by atoms with Gasteiger partial charge in [-0.1, -0.05) is 0 Å². The number of hydrogen-bond donors (Lipinski definition) is 1. The molecule has 0 radical (unpaired) electrons. The van der Waals surface area contributed by atoms with Crippen molar-refractivity contribution in [1.29, 1.82) is 0 Å². The third kappa shape index (κ3) is 4.04. The van der Waals surface area contributed by atoms with Crippen LogP contribution in [0.25, 0.3) is 0 Å². The summed E-state index contributed by atoms with van der Waals surface area (Å²) in [4.78, 5) is 14.5. The fourth-order valence-corrected chi connectivity index (χ4v) is 3.21. The number of aliphatic hydroxyl groups is 1. The molecular weight excluding hydrogens is 337 g/mol. The topological polar surface area (TPSA) is 67.6 Å². The van der Waals surface area contributed by atoms with E-state index in [9.17, 15) is 14.3 Å². The fraction of sp³-hybridized carbons (Fsp3) is 0.474. The average Bonchev–Trinajstić information content (AvgIpc) is 3.01. The zero-order valence-electron chi connectivity index (χ0n) is 15.1. The molecule has 1 amide bonds. The summed E-state index contributed by atoms with van der Waals surface area (Å²) in [5.74, 6) is 0.0268. The lowest BCUT2D eigenvalue weighted by atomic mass is 9.93. The van der Waals surface area contributed by atoms with Gasteiger partial charge in [0.1, 0.15) is 23.8 Å². The van der Waals surface area contributed by atoms with E-state index in [0.717, 1.165) is 0 Å². The molecule has 26 heavy (non-hydrogen) atoms. The van der Waals surface area contributed by atoms with Crippen LogP contribution in [0.2, 0.25) is 0 Å². The highest BCUT2D eigenvalue weighted by atomic mass is 19.1. The number of piperidine rings is 1. The molecule has 1 aliphatic heterocycles. The Hall–Kier alpha value is -2.41. The average molecular weight is 361 g/mol. The quantitative estimate of drug-likeness (QED) is 0.888. The summed E-state index contributed by atoms with van der Waals surface area (Å²) in [6.07, 6.45) is 2.99. The maximum absolute atomic E-state index is 13.0. The van der Waals surface area contributed by atoms with Crippen LogP contribution in [-0.4, -0.2) is 51.0 Å². The number of aryl methyl sites for hydroxylation is 2. The molecule has 1 aromatic heterocycles. The van der Waals surface area contributed by atoms with E-state index in [1.807, 2.05) is 13.8 Å². The first-order valence-electron chi connectivity index (χ1n) is 8.84. The number of rotatable bonds is 5. The Kier molecular flexibility index (Phi) is 5.27. The molecule has 0 bridgehead atoms. The van der Waals surface area contributed by atoms with Crippen molar-refractivity contribution >= 4 is 5.91 Å². The Balaban J connectivity index is 1.66. The van der Waals surface area contributed by atoms with Gasteiger partial charge < -0.3 is 14.7 Å². The fourth-order valence-electron chi connectivity index (χ4n) is 3.21. The second-order valence-corrected chi connectivity index (χ2v) is 6.78. The molecule has 140 valence electrons. The van der Waals surface area contributed by atoms with Crippen molar-refractivity contribution in [3.05, 3.63) is 47.5 Å². The molecule has 1 unspecified atom stereocenters. The van der Waals surface area contributed by atoms with E-state index in [1.54, 1.807) is 15.8 Å². The third-order valence-corrected chi connectivity index (χ3v) is 4.66. The van der Waals surface area contributed by atoms with Gasteiger partial charge in [0.2, 0.25) is 0 Å². The maximum atomic E-state index is 13.0. The van der Waals surface area contributed by atoms with E-state index in [-0.39, 0.29) is 24.9 Å². The summed E-state index contributed by atoms with van der Waals surface area (Å²) in [5, 5.41) is 15.2. The molecule has 7 heteroatoms. The summed E-state index contributed by atoms with van der Waals surface area (Å²) in [6.45, 7) is 5.32. The summed E-state index contributed by atoms with van der Waals surface area (Å²) in [7, 11) is 0. The Bertz CT molecular complexity index is 775. The number of likely N-dealkylation sites (tertiary alicyclic amines) is 1. The summed E-state index contributed by atoms with van der Waals surface area (Å²) in [5.41, 5.74) is 0.126. The molecular formula is C19H24FN3O3. The van der Waals surface area contributed by atoms with Gasteiger partial charge in [-0.3, -0.25) is 9.48 Å². The molecule has 1 saturated heterocycles. The second kappa shape index (κ2) is 7.45. The Morgan fingerprint density at radius 3 is 2.77 bits per heavy atom. The normalized spacial score (nSPS) is 20.2. The number of carbonyl (C=O) groups excluding carboxylic acids is 1. The van der Waals surface area contributed by atoms with Gasteiger partial charge in [0, 0.05) is 19.3 Å². The van der Waals surface area contributed by atoms with Crippen LogP contribution in [0.3, 0.4) is 0 Å². The summed E-state index contributed by atoms with van der Waals surface area (Å²) in [6, 6.07) is 5.66. The molecule has 1 atom stereocenters. The van der Waals surface area contributed by atoms with Crippen LogP contribution >= 0.6 is 0 Å². The summed E-state index contributed by atoms with van der Waals surface area (Å²) < 4.78 is 20.3. The molecule has 3 rings (SSSR count). The van der Waals surface area contributed by atoms with E-state index in [2.05, 4.69) is 5.10 Å². The molecule has 0 aliphatic carbocycles. The lowest BCUT2D eigenvalue weighted by Crippen LogP contribution is -2.53. The largest absolute Gasteiger partial charge is 0.491 e. The van der Waals surface area contributed by atoms with Gasteiger partial charge in [-0.2, -0.15) is 5.10 Å². The van der Waals surface area contributed by atoms with Crippen molar-refractivity contribution < 1.29 is 19.0 Å². The van der Waals surface area contributed by atoms with Gasteiger partial charge >= 0.3 is 0 Å². The molecule has 2 aromatic rings. The maximum Gasteiger partial charge on any atom is 0.257 e. The first-order chi connectivity index (χ1) is 12.4. The Labute approximate surface area is 152 Å². The lowest BCUT2D eigenvalue weighted by molar-refractivity contribution is -0.0532. The molecule has 1 fully saturated rings. The number of carbonyl (C=O) groups is 1. The molecule has 0 spiro atoms. The minimum absolute atomic E-state index is 0.0512. The predicted octanol–water partition coefficient (Wildman–Crippen LogP) is 2.40. The number of halogens is 1. The van der Waals surface area contributed by atoms with E-state index in [1.165, 1.54) is 24.3 Å². The van der Waals surface area contributed by atoms with Gasteiger partial charge in [-0.05, 0) is 51.0 Å². The molecule has 6 nitrogen and oxygen atoms in total. The molecule has 1 N–H and O–H groups in total. The van der Waals surface area contributed by atoms with Crippen LogP contribution in [0.4, 0.5) is 4.39 Å². The van der Waals surface area contributed by atoms with Crippen LogP contribution in [0, 0.1) is 12.7 Å². The van der Waals surface area contributed by atoms with Crippen LogP contribution < -0.4 is 4.74 Å². The van der Waals surface area contributed by atoms with Gasteiger partial charge in [-0.15, -0.1) is 0 Å². The third-order valence-electron chi connectivity index (χ3n) is 4.66. The van der Waals surface area contributed by atoms with Gasteiger partial charge in [0.15, 0.2) is 0 Å².